The highest BCUT2D eigenvalue weighted by atomic mass is 32.1. The molecule has 1 aliphatic carbocycles. The van der Waals surface area contributed by atoms with Crippen molar-refractivity contribution in [3.05, 3.63) is 51.4 Å². The minimum Gasteiger partial charge on any atom is -0.365 e. The van der Waals surface area contributed by atoms with Crippen LogP contribution in [0.2, 0.25) is 0 Å². The molecule has 27 heavy (non-hydrogen) atoms. The number of amides is 3. The van der Waals surface area contributed by atoms with E-state index in [-0.39, 0.29) is 11.8 Å². The molecule has 0 unspecified atom stereocenters. The predicted octanol–water partition coefficient (Wildman–Crippen LogP) is 3.00. The fourth-order valence-corrected chi connectivity index (χ4v) is 4.56. The normalized spacial score (nSPS) is 13.4. The lowest BCUT2D eigenvalue weighted by Crippen LogP contribution is -2.19. The van der Waals surface area contributed by atoms with Crippen LogP contribution in [0.5, 0.6) is 0 Å². The van der Waals surface area contributed by atoms with Gasteiger partial charge < -0.3 is 16.4 Å². The van der Waals surface area contributed by atoms with Crippen molar-refractivity contribution >= 4 is 34.1 Å². The van der Waals surface area contributed by atoms with Crippen LogP contribution in [-0.4, -0.2) is 17.7 Å². The third kappa shape index (κ3) is 4.54. The first-order valence-electron chi connectivity index (χ1n) is 9.04. The van der Waals surface area contributed by atoms with Gasteiger partial charge in [-0.3, -0.25) is 14.4 Å². The third-order valence-corrected chi connectivity index (χ3v) is 5.86. The molecule has 0 aliphatic heterocycles. The number of rotatable bonds is 5. The van der Waals surface area contributed by atoms with Gasteiger partial charge in [0.25, 0.3) is 11.8 Å². The number of primary amides is 1. The van der Waals surface area contributed by atoms with Gasteiger partial charge in [-0.1, -0.05) is 18.6 Å². The number of aryl methyl sites for hydroxylation is 1. The van der Waals surface area contributed by atoms with Gasteiger partial charge in [-0.15, -0.1) is 11.3 Å². The fourth-order valence-electron chi connectivity index (χ4n) is 3.27. The molecule has 0 atom stereocenters. The molecule has 0 bridgehead atoms. The highest BCUT2D eigenvalue weighted by Gasteiger charge is 2.24. The van der Waals surface area contributed by atoms with Crippen molar-refractivity contribution in [3.8, 4) is 0 Å². The minimum atomic E-state index is -0.490. The molecule has 0 saturated heterocycles. The van der Waals surface area contributed by atoms with E-state index < -0.39 is 5.91 Å². The van der Waals surface area contributed by atoms with E-state index in [9.17, 15) is 14.4 Å². The SMILES string of the molecule is CC(=O)NCc1ccc(C(=O)Nc2sc3c(c2C(N)=O)CCCCC3)cc1. The van der Waals surface area contributed by atoms with E-state index in [0.29, 0.717) is 22.7 Å². The number of thiophene rings is 1. The van der Waals surface area contributed by atoms with Gasteiger partial charge in [-0.05, 0) is 48.9 Å². The summed E-state index contributed by atoms with van der Waals surface area (Å²) in [6.07, 6.45) is 5.03. The Bertz CT molecular complexity index is 871. The summed E-state index contributed by atoms with van der Waals surface area (Å²) in [7, 11) is 0. The van der Waals surface area contributed by atoms with E-state index in [0.717, 1.165) is 48.1 Å². The Balaban J connectivity index is 1.77. The Morgan fingerprint density at radius 3 is 2.44 bits per heavy atom. The summed E-state index contributed by atoms with van der Waals surface area (Å²) in [6.45, 7) is 1.88. The van der Waals surface area contributed by atoms with Gasteiger partial charge in [0.05, 0.1) is 5.56 Å². The maximum atomic E-state index is 12.6. The van der Waals surface area contributed by atoms with Crippen molar-refractivity contribution in [2.24, 2.45) is 5.73 Å². The number of nitrogens with one attached hydrogen (secondary N) is 2. The van der Waals surface area contributed by atoms with Crippen molar-refractivity contribution in [3.63, 3.8) is 0 Å². The highest BCUT2D eigenvalue weighted by molar-refractivity contribution is 7.17. The largest absolute Gasteiger partial charge is 0.365 e. The smallest absolute Gasteiger partial charge is 0.256 e. The van der Waals surface area contributed by atoms with Crippen LogP contribution in [0.25, 0.3) is 0 Å². The molecule has 1 aliphatic rings. The molecule has 0 saturated carbocycles. The molecular weight excluding hydrogens is 362 g/mol. The van der Waals surface area contributed by atoms with Crippen molar-refractivity contribution < 1.29 is 14.4 Å². The summed E-state index contributed by atoms with van der Waals surface area (Å²) < 4.78 is 0. The molecule has 1 aromatic carbocycles. The summed E-state index contributed by atoms with van der Waals surface area (Å²) in [5.74, 6) is -0.872. The number of carbonyl (C=O) groups is 3. The van der Waals surface area contributed by atoms with E-state index in [4.69, 9.17) is 5.73 Å². The maximum Gasteiger partial charge on any atom is 0.256 e. The summed E-state index contributed by atoms with van der Waals surface area (Å²) in [5, 5.41) is 6.12. The summed E-state index contributed by atoms with van der Waals surface area (Å²) in [5.41, 5.74) is 8.47. The molecule has 0 radical (unpaired) electrons. The number of anilines is 1. The Morgan fingerprint density at radius 1 is 1.07 bits per heavy atom. The van der Waals surface area contributed by atoms with Crippen LogP contribution < -0.4 is 16.4 Å². The quantitative estimate of drug-likeness (QED) is 0.690. The zero-order valence-electron chi connectivity index (χ0n) is 15.3. The first-order valence-corrected chi connectivity index (χ1v) is 9.86. The van der Waals surface area contributed by atoms with Gasteiger partial charge in [0.2, 0.25) is 5.91 Å². The van der Waals surface area contributed by atoms with E-state index in [2.05, 4.69) is 10.6 Å². The second-order valence-corrected chi connectivity index (χ2v) is 7.80. The van der Waals surface area contributed by atoms with Gasteiger partial charge in [0, 0.05) is 23.9 Å². The topological polar surface area (TPSA) is 101 Å². The van der Waals surface area contributed by atoms with Gasteiger partial charge >= 0.3 is 0 Å². The molecule has 1 heterocycles. The van der Waals surface area contributed by atoms with Crippen molar-refractivity contribution in [2.45, 2.75) is 45.6 Å². The number of fused-ring (bicyclic) bond motifs is 1. The number of carbonyl (C=O) groups excluding carboxylic acids is 3. The zero-order chi connectivity index (χ0) is 19.4. The van der Waals surface area contributed by atoms with E-state index in [1.165, 1.54) is 18.3 Å². The lowest BCUT2D eigenvalue weighted by atomic mass is 10.0. The van der Waals surface area contributed by atoms with Crippen LogP contribution in [0.1, 0.15) is 62.9 Å². The van der Waals surface area contributed by atoms with Crippen LogP contribution in [0.15, 0.2) is 24.3 Å². The highest BCUT2D eigenvalue weighted by Crippen LogP contribution is 2.37. The minimum absolute atomic E-state index is 0.103. The maximum absolute atomic E-state index is 12.6. The Kier molecular flexibility index (Phi) is 5.91. The van der Waals surface area contributed by atoms with Crippen molar-refractivity contribution in [1.29, 1.82) is 0 Å². The van der Waals surface area contributed by atoms with E-state index in [1.807, 2.05) is 0 Å². The average molecular weight is 385 g/mol. The second kappa shape index (κ2) is 8.35. The van der Waals surface area contributed by atoms with E-state index >= 15 is 0 Å². The molecular formula is C20H23N3O3S. The predicted molar refractivity (Wildman–Crippen MR) is 106 cm³/mol. The number of hydrogen-bond donors (Lipinski definition) is 3. The number of nitrogens with two attached hydrogens (primary N) is 1. The standard InChI is InChI=1S/C20H23N3O3S/c1-12(24)22-11-13-7-9-14(10-8-13)19(26)23-20-17(18(21)25)15-5-3-2-4-6-16(15)27-20/h7-10H,2-6,11H2,1H3,(H2,21,25)(H,22,24)(H,23,26). The Morgan fingerprint density at radius 2 is 1.78 bits per heavy atom. The molecule has 0 fully saturated rings. The molecule has 4 N–H and O–H groups in total. The molecule has 3 rings (SSSR count). The van der Waals surface area contributed by atoms with Crippen molar-refractivity contribution in [1.82, 2.24) is 5.32 Å². The summed E-state index contributed by atoms with van der Waals surface area (Å²) >= 11 is 1.46. The third-order valence-electron chi connectivity index (χ3n) is 4.65. The van der Waals surface area contributed by atoms with Gasteiger partial charge in [-0.2, -0.15) is 0 Å². The molecule has 142 valence electrons. The number of benzene rings is 1. The summed E-state index contributed by atoms with van der Waals surface area (Å²) in [4.78, 5) is 36.8. The lowest BCUT2D eigenvalue weighted by molar-refractivity contribution is -0.119. The number of hydrogen-bond acceptors (Lipinski definition) is 4. The monoisotopic (exact) mass is 385 g/mol. The van der Waals surface area contributed by atoms with Crippen LogP contribution in [0.3, 0.4) is 0 Å². The molecule has 1 aromatic heterocycles. The van der Waals surface area contributed by atoms with Crippen LogP contribution in [0.4, 0.5) is 5.00 Å². The van der Waals surface area contributed by atoms with Gasteiger partial charge in [0.15, 0.2) is 0 Å². The fraction of sp³-hybridized carbons (Fsp3) is 0.350. The van der Waals surface area contributed by atoms with Crippen LogP contribution in [-0.2, 0) is 24.2 Å². The second-order valence-electron chi connectivity index (χ2n) is 6.69. The summed E-state index contributed by atoms with van der Waals surface area (Å²) in [6, 6.07) is 7.00. The average Bonchev–Trinajstić information content (AvgIpc) is 2.81. The lowest BCUT2D eigenvalue weighted by Gasteiger charge is -2.07. The van der Waals surface area contributed by atoms with Gasteiger partial charge in [0.1, 0.15) is 5.00 Å². The van der Waals surface area contributed by atoms with Crippen molar-refractivity contribution in [2.75, 3.05) is 5.32 Å². The van der Waals surface area contributed by atoms with E-state index in [1.54, 1.807) is 24.3 Å². The first kappa shape index (κ1) is 19.1. The first-order chi connectivity index (χ1) is 13.0. The molecule has 3 amide bonds. The molecule has 7 heteroatoms. The molecule has 6 nitrogen and oxygen atoms in total. The van der Waals surface area contributed by atoms with Gasteiger partial charge in [-0.25, -0.2) is 0 Å². The molecule has 2 aromatic rings. The zero-order valence-corrected chi connectivity index (χ0v) is 16.1. The van der Waals surface area contributed by atoms with Crippen LogP contribution >= 0.6 is 11.3 Å². The molecule has 0 spiro atoms. The Hall–Kier alpha value is -2.67. The Labute approximate surface area is 162 Å². The van der Waals surface area contributed by atoms with Crippen LogP contribution in [0, 0.1) is 0 Å².